The second-order valence-corrected chi connectivity index (χ2v) is 12.4. The fourth-order valence-electron chi connectivity index (χ4n) is 4.67. The Morgan fingerprint density at radius 1 is 1.14 bits per heavy atom. The van der Waals surface area contributed by atoms with Gasteiger partial charge in [-0.05, 0) is 11.1 Å². The number of rotatable bonds is 11. The molecule has 3 N–H and O–H groups in total. The van der Waals surface area contributed by atoms with Crippen molar-refractivity contribution in [1.29, 1.82) is 0 Å². The van der Waals surface area contributed by atoms with Crippen LogP contribution in [0.4, 0.5) is 5.13 Å². The van der Waals surface area contributed by atoms with E-state index < -0.39 is 35.3 Å². The lowest BCUT2D eigenvalue weighted by atomic mass is 10.0. The summed E-state index contributed by atoms with van der Waals surface area (Å²) in [6.45, 7) is 0. The molecule has 3 amide bonds. The number of aromatic amines is 1. The molecule has 2 aliphatic heterocycles. The molecular weight excluding hydrogens is 611 g/mol. The summed E-state index contributed by atoms with van der Waals surface area (Å²) < 4.78 is 6.15. The maximum absolute atomic E-state index is 14.0. The fourth-order valence-corrected chi connectivity index (χ4v) is 7.70. The number of carbonyl (C=O) groups is 4. The Balaban J connectivity index is 1.24. The quantitative estimate of drug-likeness (QED) is 0.127. The van der Waals surface area contributed by atoms with E-state index in [9.17, 15) is 19.2 Å². The third-order valence-corrected chi connectivity index (χ3v) is 9.86. The van der Waals surface area contributed by atoms with Gasteiger partial charge in [-0.1, -0.05) is 77.6 Å². The molecule has 4 aromatic rings. The highest BCUT2D eigenvalue weighted by atomic mass is 32.2. The number of nitrogens with zero attached hydrogens (tertiary/aromatic N) is 4. The van der Waals surface area contributed by atoms with Crippen LogP contribution < -0.4 is 10.6 Å². The van der Waals surface area contributed by atoms with Crippen LogP contribution in [0.1, 0.15) is 22.9 Å². The summed E-state index contributed by atoms with van der Waals surface area (Å²) in [7, 11) is 0. The predicted molar refractivity (Wildman–Crippen MR) is 161 cm³/mol. The highest BCUT2D eigenvalue weighted by Gasteiger charge is 2.55. The molecule has 2 aromatic heterocycles. The molecule has 0 unspecified atom stereocenters. The summed E-state index contributed by atoms with van der Waals surface area (Å²) in [5, 5.41) is 17.7. The van der Waals surface area contributed by atoms with Gasteiger partial charge in [0, 0.05) is 16.0 Å². The molecule has 2 atom stereocenters. The Hall–Kier alpha value is -4.47. The predicted octanol–water partition coefficient (Wildman–Crippen LogP) is 3.11. The highest BCUT2D eigenvalue weighted by Crippen LogP contribution is 2.45. The van der Waals surface area contributed by atoms with Gasteiger partial charge < -0.3 is 15.4 Å². The van der Waals surface area contributed by atoms with Crippen molar-refractivity contribution in [3.8, 4) is 0 Å². The van der Waals surface area contributed by atoms with Crippen LogP contribution in [0.5, 0.6) is 0 Å². The number of aromatic nitrogens is 4. The zero-order valence-corrected chi connectivity index (χ0v) is 24.7. The van der Waals surface area contributed by atoms with Crippen molar-refractivity contribution in [1.82, 2.24) is 30.6 Å². The van der Waals surface area contributed by atoms with Gasteiger partial charge in [-0.15, -0.1) is 28.2 Å². The molecule has 0 bridgehead atoms. The zero-order valence-electron chi connectivity index (χ0n) is 22.2. The van der Waals surface area contributed by atoms with Gasteiger partial charge in [0.15, 0.2) is 11.2 Å². The van der Waals surface area contributed by atoms with Crippen molar-refractivity contribution >= 4 is 64.2 Å². The third-order valence-electron chi connectivity index (χ3n) is 6.57. The van der Waals surface area contributed by atoms with Crippen LogP contribution in [-0.4, -0.2) is 66.7 Å². The van der Waals surface area contributed by atoms with E-state index in [0.29, 0.717) is 32.9 Å². The summed E-state index contributed by atoms with van der Waals surface area (Å²) in [6, 6.07) is 17.9. The van der Waals surface area contributed by atoms with Gasteiger partial charge in [-0.3, -0.25) is 24.4 Å². The van der Waals surface area contributed by atoms with E-state index in [1.54, 1.807) is 5.38 Å². The number of thioether (sulfide) groups is 2. The standard InChI is InChI=1S/C28H23N7O5S3/c36-15-29-28-31-18(13-42-28)11-20(37)32-22-25(38)35-23(19(14-41-26(22)35)43-21-12-30-34-33-21)27(39)40-24(16-7-3-1-4-8-16)17-9-5-2-6-10-17/h1-10,12-13,15,22,24,26H,11,14H2,(H,32,37)(H,29,31,36)(H,30,33,34)/t22-,26-/m1/s1. The molecule has 0 spiro atoms. The number of β-lactam (4-membered cyclic amide) rings is 1. The Bertz CT molecular complexity index is 1620. The average molecular weight is 634 g/mol. The van der Waals surface area contributed by atoms with Crippen LogP contribution >= 0.6 is 34.9 Å². The first-order valence-electron chi connectivity index (χ1n) is 13.0. The molecule has 1 fully saturated rings. The molecule has 12 nitrogen and oxygen atoms in total. The number of hydrogen-bond acceptors (Lipinski definition) is 11. The smallest absolute Gasteiger partial charge is 0.356 e. The number of fused-ring (bicyclic) bond motifs is 1. The molecule has 4 heterocycles. The summed E-state index contributed by atoms with van der Waals surface area (Å²) in [5.74, 6) is -1.08. The lowest BCUT2D eigenvalue weighted by molar-refractivity contribution is -0.154. The van der Waals surface area contributed by atoms with Crippen LogP contribution in [0.3, 0.4) is 0 Å². The first-order chi connectivity index (χ1) is 21.0. The van der Waals surface area contributed by atoms with Gasteiger partial charge in [0.2, 0.25) is 12.3 Å². The minimum absolute atomic E-state index is 0.0628. The second-order valence-electron chi connectivity index (χ2n) is 9.34. The van der Waals surface area contributed by atoms with Gasteiger partial charge in [-0.25, -0.2) is 9.78 Å². The zero-order chi connectivity index (χ0) is 29.8. The first-order valence-corrected chi connectivity index (χ1v) is 15.7. The monoisotopic (exact) mass is 633 g/mol. The van der Waals surface area contributed by atoms with Gasteiger partial charge in [0.25, 0.3) is 5.91 Å². The van der Waals surface area contributed by atoms with Crippen LogP contribution in [-0.2, 0) is 30.3 Å². The molecule has 2 aliphatic rings. The number of anilines is 1. The average Bonchev–Trinajstić information content (AvgIpc) is 3.71. The van der Waals surface area contributed by atoms with Gasteiger partial charge in [-0.2, -0.15) is 0 Å². The van der Waals surface area contributed by atoms with E-state index in [0.717, 1.165) is 11.1 Å². The molecule has 0 saturated carbocycles. The van der Waals surface area contributed by atoms with Crippen molar-refractivity contribution in [2.45, 2.75) is 29.0 Å². The largest absolute Gasteiger partial charge is 0.448 e. The fraction of sp³-hybridized carbons (Fsp3) is 0.179. The number of thiazole rings is 1. The van der Waals surface area contributed by atoms with Crippen molar-refractivity contribution in [3.05, 3.63) is 99.7 Å². The number of carbonyl (C=O) groups excluding carboxylic acids is 4. The maximum atomic E-state index is 14.0. The lowest BCUT2D eigenvalue weighted by Crippen LogP contribution is -2.70. The molecule has 0 aliphatic carbocycles. The Kier molecular flexibility index (Phi) is 8.53. The molecular formula is C28H23N7O5S3. The molecule has 6 rings (SSSR count). The number of esters is 1. The number of amides is 3. The van der Waals surface area contributed by atoms with Crippen LogP contribution in [0, 0.1) is 0 Å². The van der Waals surface area contributed by atoms with Crippen molar-refractivity contribution in [2.75, 3.05) is 11.1 Å². The Morgan fingerprint density at radius 3 is 2.51 bits per heavy atom. The molecule has 0 radical (unpaired) electrons. The van der Waals surface area contributed by atoms with E-state index in [1.807, 2.05) is 60.7 Å². The van der Waals surface area contributed by atoms with Gasteiger partial charge in [0.05, 0.1) is 18.3 Å². The minimum atomic E-state index is -0.828. The number of nitrogens with one attached hydrogen (secondary N) is 3. The van der Waals surface area contributed by atoms with E-state index in [4.69, 9.17) is 4.74 Å². The topological polar surface area (TPSA) is 159 Å². The third kappa shape index (κ3) is 6.18. The number of benzene rings is 2. The number of ether oxygens (including phenoxy) is 1. The Labute approximate surface area is 257 Å². The lowest BCUT2D eigenvalue weighted by Gasteiger charge is -2.49. The summed E-state index contributed by atoms with van der Waals surface area (Å²) in [4.78, 5) is 57.1. The Morgan fingerprint density at radius 2 is 1.86 bits per heavy atom. The van der Waals surface area contributed by atoms with Crippen molar-refractivity contribution in [2.24, 2.45) is 0 Å². The summed E-state index contributed by atoms with van der Waals surface area (Å²) in [5.41, 5.74) is 2.16. The molecule has 1 saturated heterocycles. The van der Waals surface area contributed by atoms with E-state index in [1.165, 1.54) is 46.0 Å². The number of hydrogen-bond donors (Lipinski definition) is 3. The second kappa shape index (κ2) is 12.8. The normalized spacial score (nSPS) is 17.7. The molecule has 43 heavy (non-hydrogen) atoms. The molecule has 15 heteroatoms. The molecule has 218 valence electrons. The van der Waals surface area contributed by atoms with Crippen LogP contribution in [0.25, 0.3) is 0 Å². The first kappa shape index (κ1) is 28.6. The minimum Gasteiger partial charge on any atom is -0.448 e. The van der Waals surface area contributed by atoms with Gasteiger partial charge >= 0.3 is 5.97 Å². The highest BCUT2D eigenvalue weighted by molar-refractivity contribution is 8.06. The van der Waals surface area contributed by atoms with Crippen LogP contribution in [0.15, 0.2) is 87.9 Å². The number of H-pyrrole nitrogens is 1. The van der Waals surface area contributed by atoms with E-state index >= 15 is 0 Å². The summed E-state index contributed by atoms with van der Waals surface area (Å²) in [6.07, 6.45) is 1.27. The molecule has 2 aromatic carbocycles. The van der Waals surface area contributed by atoms with Gasteiger partial charge in [0.1, 0.15) is 22.1 Å². The maximum Gasteiger partial charge on any atom is 0.356 e. The summed E-state index contributed by atoms with van der Waals surface area (Å²) >= 11 is 3.88. The van der Waals surface area contributed by atoms with Crippen molar-refractivity contribution < 1.29 is 23.9 Å². The van der Waals surface area contributed by atoms with E-state index in [2.05, 4.69) is 31.0 Å². The van der Waals surface area contributed by atoms with Crippen LogP contribution in [0.2, 0.25) is 0 Å². The van der Waals surface area contributed by atoms with E-state index in [-0.39, 0.29) is 12.1 Å². The van der Waals surface area contributed by atoms with Crippen molar-refractivity contribution in [3.63, 3.8) is 0 Å². The SMILES string of the molecule is O=CNc1nc(CC(=O)N[C@@H]2C(=O)N3C(C(=O)OC(c4ccccc4)c4ccccc4)=C(Sc4cnn[nH]4)CS[C@H]23)cs1.